The number of nitrogens with one attached hydrogen (secondary N) is 1. The van der Waals surface area contributed by atoms with Gasteiger partial charge in [0.05, 0.1) is 6.10 Å². The van der Waals surface area contributed by atoms with Crippen molar-refractivity contribution in [3.8, 4) is 0 Å². The molecule has 1 aromatic heterocycles. The van der Waals surface area contributed by atoms with Crippen molar-refractivity contribution in [2.45, 2.75) is 38.8 Å². The van der Waals surface area contributed by atoms with Gasteiger partial charge in [-0.15, -0.1) is 0 Å². The number of amides is 1. The predicted octanol–water partition coefficient (Wildman–Crippen LogP) is 0.402. The number of hydrogen-bond donors (Lipinski definition) is 2. The molecule has 0 radical (unpaired) electrons. The van der Waals surface area contributed by atoms with Crippen molar-refractivity contribution in [2.24, 2.45) is 0 Å². The first-order valence-electron chi connectivity index (χ1n) is 9.54. The Bertz CT molecular complexity index is 603. The zero-order valence-electron chi connectivity index (χ0n) is 15.8. The van der Waals surface area contributed by atoms with Crippen LogP contribution in [0.15, 0.2) is 12.3 Å². The standard InChI is InChI=1S/C18H30N6O2/c1-14(2)22-9-11-23(12-10-22)17(26)4-7-20-18-19-6-3-16(21-18)24-8-5-15(25)13-24/h3,6,14-15,25H,4-5,7-13H2,1-2H3,(H,19,20,21). The minimum absolute atomic E-state index is 0.180. The van der Waals surface area contributed by atoms with E-state index in [9.17, 15) is 9.90 Å². The highest BCUT2D eigenvalue weighted by atomic mass is 16.3. The van der Waals surface area contributed by atoms with Crippen LogP contribution in [0, 0.1) is 0 Å². The Morgan fingerprint density at radius 1 is 1.31 bits per heavy atom. The molecule has 3 heterocycles. The number of piperazine rings is 1. The van der Waals surface area contributed by atoms with E-state index in [4.69, 9.17) is 0 Å². The van der Waals surface area contributed by atoms with E-state index < -0.39 is 0 Å². The summed E-state index contributed by atoms with van der Waals surface area (Å²) in [6.45, 7) is 9.83. The molecule has 0 aromatic carbocycles. The summed E-state index contributed by atoms with van der Waals surface area (Å²) in [4.78, 5) is 27.5. The van der Waals surface area contributed by atoms with Crippen molar-refractivity contribution in [3.05, 3.63) is 12.3 Å². The molecule has 1 aromatic rings. The SMILES string of the molecule is CC(C)N1CCN(C(=O)CCNc2nccc(N3CCC(O)C3)n2)CC1. The van der Waals surface area contributed by atoms with E-state index in [0.29, 0.717) is 31.5 Å². The van der Waals surface area contributed by atoms with Gasteiger partial charge in [-0.1, -0.05) is 0 Å². The lowest BCUT2D eigenvalue weighted by atomic mass is 10.2. The van der Waals surface area contributed by atoms with Crippen LogP contribution in [-0.4, -0.2) is 88.7 Å². The largest absolute Gasteiger partial charge is 0.391 e. The van der Waals surface area contributed by atoms with E-state index in [2.05, 4.69) is 38.9 Å². The Balaban J connectivity index is 1.43. The summed E-state index contributed by atoms with van der Waals surface area (Å²) in [6.07, 6.45) is 2.64. The molecule has 1 amide bonds. The lowest BCUT2D eigenvalue weighted by molar-refractivity contribution is -0.132. The molecule has 144 valence electrons. The molecule has 8 heteroatoms. The van der Waals surface area contributed by atoms with E-state index in [1.54, 1.807) is 6.20 Å². The van der Waals surface area contributed by atoms with E-state index in [1.165, 1.54) is 0 Å². The van der Waals surface area contributed by atoms with Crippen LogP contribution in [0.1, 0.15) is 26.7 Å². The average Bonchev–Trinajstić information content (AvgIpc) is 3.08. The third-order valence-electron chi connectivity index (χ3n) is 5.15. The average molecular weight is 362 g/mol. The van der Waals surface area contributed by atoms with Gasteiger partial charge in [0.1, 0.15) is 5.82 Å². The number of hydrogen-bond acceptors (Lipinski definition) is 7. The first kappa shape index (κ1) is 18.8. The third kappa shape index (κ3) is 4.82. The molecule has 3 rings (SSSR count). The molecule has 1 unspecified atom stereocenters. The number of anilines is 2. The first-order chi connectivity index (χ1) is 12.5. The first-order valence-corrected chi connectivity index (χ1v) is 9.54. The van der Waals surface area contributed by atoms with Gasteiger partial charge in [-0.25, -0.2) is 4.98 Å². The summed E-state index contributed by atoms with van der Waals surface area (Å²) < 4.78 is 0. The van der Waals surface area contributed by atoms with Crippen LogP contribution in [0.2, 0.25) is 0 Å². The Morgan fingerprint density at radius 3 is 2.73 bits per heavy atom. The Hall–Kier alpha value is -1.93. The van der Waals surface area contributed by atoms with Crippen LogP contribution in [0.3, 0.4) is 0 Å². The molecule has 8 nitrogen and oxygen atoms in total. The third-order valence-corrected chi connectivity index (χ3v) is 5.15. The summed E-state index contributed by atoms with van der Waals surface area (Å²) in [5, 5.41) is 12.8. The number of aromatic nitrogens is 2. The lowest BCUT2D eigenvalue weighted by Crippen LogP contribution is -2.50. The molecule has 0 bridgehead atoms. The van der Waals surface area contributed by atoms with Gasteiger partial charge in [-0.3, -0.25) is 9.69 Å². The smallest absolute Gasteiger partial charge is 0.224 e. The van der Waals surface area contributed by atoms with E-state index in [1.807, 2.05) is 11.0 Å². The van der Waals surface area contributed by atoms with Gasteiger partial charge in [0, 0.05) is 64.5 Å². The van der Waals surface area contributed by atoms with Crippen molar-refractivity contribution in [3.63, 3.8) is 0 Å². The zero-order valence-corrected chi connectivity index (χ0v) is 15.8. The van der Waals surface area contributed by atoms with Crippen LogP contribution in [0.5, 0.6) is 0 Å². The Morgan fingerprint density at radius 2 is 2.08 bits per heavy atom. The summed E-state index contributed by atoms with van der Waals surface area (Å²) >= 11 is 0. The van der Waals surface area contributed by atoms with E-state index in [-0.39, 0.29) is 12.0 Å². The van der Waals surface area contributed by atoms with E-state index >= 15 is 0 Å². The molecule has 26 heavy (non-hydrogen) atoms. The monoisotopic (exact) mass is 362 g/mol. The second-order valence-corrected chi connectivity index (χ2v) is 7.31. The molecule has 2 aliphatic heterocycles. The minimum atomic E-state index is -0.282. The fourth-order valence-corrected chi connectivity index (χ4v) is 3.49. The second-order valence-electron chi connectivity index (χ2n) is 7.31. The molecule has 1 atom stereocenters. The fraction of sp³-hybridized carbons (Fsp3) is 0.722. The summed E-state index contributed by atoms with van der Waals surface area (Å²) in [6, 6.07) is 2.39. The molecular formula is C18H30N6O2. The molecule has 0 spiro atoms. The highest BCUT2D eigenvalue weighted by Gasteiger charge is 2.23. The van der Waals surface area contributed by atoms with Crippen molar-refractivity contribution in [2.75, 3.05) is 56.0 Å². The number of β-amino-alcohol motifs (C(OH)–C–C–N with tert-alkyl or cyclic N) is 1. The Kier molecular flexibility index (Phi) is 6.26. The van der Waals surface area contributed by atoms with Crippen molar-refractivity contribution in [1.82, 2.24) is 19.8 Å². The van der Waals surface area contributed by atoms with Crippen LogP contribution < -0.4 is 10.2 Å². The predicted molar refractivity (Wildman–Crippen MR) is 101 cm³/mol. The number of aliphatic hydroxyl groups excluding tert-OH is 1. The Labute approximate surface area is 155 Å². The quantitative estimate of drug-likeness (QED) is 0.758. The second kappa shape index (κ2) is 8.64. The molecule has 2 aliphatic rings. The number of aliphatic hydroxyl groups is 1. The van der Waals surface area contributed by atoms with Crippen LogP contribution >= 0.6 is 0 Å². The van der Waals surface area contributed by atoms with Gasteiger partial charge in [0.2, 0.25) is 11.9 Å². The fourth-order valence-electron chi connectivity index (χ4n) is 3.49. The van der Waals surface area contributed by atoms with Gasteiger partial charge in [0.25, 0.3) is 0 Å². The summed E-state index contributed by atoms with van der Waals surface area (Å²) in [7, 11) is 0. The van der Waals surface area contributed by atoms with Crippen molar-refractivity contribution < 1.29 is 9.90 Å². The van der Waals surface area contributed by atoms with Gasteiger partial charge in [-0.05, 0) is 26.3 Å². The summed E-state index contributed by atoms with van der Waals surface area (Å²) in [5.41, 5.74) is 0. The van der Waals surface area contributed by atoms with Gasteiger partial charge >= 0.3 is 0 Å². The number of rotatable bonds is 6. The maximum Gasteiger partial charge on any atom is 0.224 e. The highest BCUT2D eigenvalue weighted by Crippen LogP contribution is 2.18. The molecule has 2 N–H and O–H groups in total. The molecule has 0 aliphatic carbocycles. The molecule has 0 saturated carbocycles. The van der Waals surface area contributed by atoms with Crippen LogP contribution in [0.25, 0.3) is 0 Å². The zero-order chi connectivity index (χ0) is 18.5. The molecular weight excluding hydrogens is 332 g/mol. The van der Waals surface area contributed by atoms with Crippen LogP contribution in [-0.2, 0) is 4.79 Å². The number of nitrogens with zero attached hydrogens (tertiary/aromatic N) is 5. The molecule has 2 fully saturated rings. The summed E-state index contributed by atoms with van der Waals surface area (Å²) in [5.74, 6) is 1.52. The maximum atomic E-state index is 12.4. The highest BCUT2D eigenvalue weighted by molar-refractivity contribution is 5.76. The van der Waals surface area contributed by atoms with Crippen molar-refractivity contribution >= 4 is 17.7 Å². The maximum absolute atomic E-state index is 12.4. The minimum Gasteiger partial charge on any atom is -0.391 e. The molecule has 2 saturated heterocycles. The van der Waals surface area contributed by atoms with E-state index in [0.717, 1.165) is 45.0 Å². The van der Waals surface area contributed by atoms with Gasteiger partial charge < -0.3 is 20.2 Å². The van der Waals surface area contributed by atoms with Gasteiger partial charge in [-0.2, -0.15) is 4.98 Å². The van der Waals surface area contributed by atoms with Crippen LogP contribution in [0.4, 0.5) is 11.8 Å². The topological polar surface area (TPSA) is 84.8 Å². The normalized spacial score (nSPS) is 21.5. The lowest BCUT2D eigenvalue weighted by Gasteiger charge is -2.37. The van der Waals surface area contributed by atoms with Crippen molar-refractivity contribution in [1.29, 1.82) is 0 Å². The number of carbonyl (C=O) groups excluding carboxylic acids is 1. The van der Waals surface area contributed by atoms with Gasteiger partial charge in [0.15, 0.2) is 0 Å². The number of carbonyl (C=O) groups is 1.